The van der Waals surface area contributed by atoms with Gasteiger partial charge in [0.2, 0.25) is 0 Å². The topological polar surface area (TPSA) is 18.5 Å². The van der Waals surface area contributed by atoms with Crippen molar-refractivity contribution in [1.82, 2.24) is 0 Å². The maximum absolute atomic E-state index is 6.38. The van der Waals surface area contributed by atoms with Crippen molar-refractivity contribution in [2.24, 2.45) is 0 Å². The second-order valence-electron chi connectivity index (χ2n) is 8.13. The Balaban J connectivity index is 1.66. The minimum Gasteiger partial charge on any atom is -0.495 e. The third kappa shape index (κ3) is 5.44. The van der Waals surface area contributed by atoms with Crippen LogP contribution < -0.4 is 9.47 Å². The van der Waals surface area contributed by atoms with E-state index in [4.69, 9.17) is 9.47 Å². The summed E-state index contributed by atoms with van der Waals surface area (Å²) in [7, 11) is 1.76. The first-order chi connectivity index (χ1) is 14.3. The third-order valence-electron chi connectivity index (χ3n) is 5.78. The smallest absolute Gasteiger partial charge is 0.135 e. The predicted octanol–water partition coefficient (Wildman–Crippen LogP) is 8.22. The molecule has 0 aromatic heterocycles. The first kappa shape index (κ1) is 21.5. The zero-order valence-corrected chi connectivity index (χ0v) is 18.4. The monoisotopic (exact) mass is 392 g/mol. The standard InChI is InChI=1S/C27H36O2/c1-4-5-6-7-8-9-10-11-14-19-29-27-23-16-13-12-15-22(23)26(28-3)25-20-21(2)17-18-24(25)27/h12-13,15-18,20H,4-11,14,19H2,1-3H3. The summed E-state index contributed by atoms with van der Waals surface area (Å²) < 4.78 is 12.2. The van der Waals surface area contributed by atoms with E-state index in [0.29, 0.717) is 0 Å². The van der Waals surface area contributed by atoms with E-state index in [1.165, 1.54) is 56.9 Å². The normalized spacial score (nSPS) is 11.3. The Morgan fingerprint density at radius 3 is 1.90 bits per heavy atom. The van der Waals surface area contributed by atoms with Gasteiger partial charge in [-0.2, -0.15) is 0 Å². The average molecular weight is 393 g/mol. The molecule has 156 valence electrons. The van der Waals surface area contributed by atoms with Crippen molar-refractivity contribution < 1.29 is 9.47 Å². The molecule has 0 fully saturated rings. The Morgan fingerprint density at radius 2 is 1.24 bits per heavy atom. The number of unbranched alkanes of at least 4 members (excludes halogenated alkanes) is 8. The number of ether oxygens (including phenoxy) is 2. The lowest BCUT2D eigenvalue weighted by atomic mass is 9.99. The number of methoxy groups -OCH3 is 1. The zero-order chi connectivity index (χ0) is 20.5. The van der Waals surface area contributed by atoms with Gasteiger partial charge in [0.25, 0.3) is 0 Å². The van der Waals surface area contributed by atoms with Gasteiger partial charge in [-0.3, -0.25) is 0 Å². The molecule has 3 aromatic rings. The molecule has 0 aliphatic heterocycles. The molecular weight excluding hydrogens is 356 g/mol. The van der Waals surface area contributed by atoms with E-state index >= 15 is 0 Å². The highest BCUT2D eigenvalue weighted by molar-refractivity contribution is 6.11. The SMILES string of the molecule is CCCCCCCCCCCOc1c2ccccc2c(OC)c2cc(C)ccc12. The van der Waals surface area contributed by atoms with Crippen LogP contribution in [-0.4, -0.2) is 13.7 Å². The molecular formula is C27H36O2. The van der Waals surface area contributed by atoms with Gasteiger partial charge in [-0.15, -0.1) is 0 Å². The Kier molecular flexibility index (Phi) is 8.22. The number of benzene rings is 3. The summed E-state index contributed by atoms with van der Waals surface area (Å²) in [4.78, 5) is 0. The van der Waals surface area contributed by atoms with Gasteiger partial charge in [0, 0.05) is 21.5 Å². The summed E-state index contributed by atoms with van der Waals surface area (Å²) in [5.41, 5.74) is 1.23. The fourth-order valence-electron chi connectivity index (χ4n) is 4.18. The van der Waals surface area contributed by atoms with Crippen LogP contribution in [0.4, 0.5) is 0 Å². The van der Waals surface area contributed by atoms with Gasteiger partial charge >= 0.3 is 0 Å². The zero-order valence-electron chi connectivity index (χ0n) is 18.4. The molecule has 2 nitrogen and oxygen atoms in total. The Morgan fingerprint density at radius 1 is 0.655 bits per heavy atom. The Hall–Kier alpha value is -2.22. The van der Waals surface area contributed by atoms with Gasteiger partial charge in [-0.1, -0.05) is 100 Å². The number of fused-ring (bicyclic) bond motifs is 2. The van der Waals surface area contributed by atoms with Gasteiger partial charge in [0.1, 0.15) is 11.5 Å². The van der Waals surface area contributed by atoms with Crippen LogP contribution in [0.5, 0.6) is 11.5 Å². The molecule has 0 bridgehead atoms. The molecule has 0 saturated heterocycles. The lowest BCUT2D eigenvalue weighted by Gasteiger charge is -2.17. The summed E-state index contributed by atoms with van der Waals surface area (Å²) in [6.07, 6.45) is 11.9. The third-order valence-corrected chi connectivity index (χ3v) is 5.78. The van der Waals surface area contributed by atoms with Crippen LogP contribution in [0, 0.1) is 6.92 Å². The summed E-state index contributed by atoms with van der Waals surface area (Å²) in [5.74, 6) is 1.94. The van der Waals surface area contributed by atoms with Crippen molar-refractivity contribution in [1.29, 1.82) is 0 Å². The van der Waals surface area contributed by atoms with E-state index in [0.717, 1.165) is 46.1 Å². The van der Waals surface area contributed by atoms with E-state index in [1.807, 2.05) is 0 Å². The Labute approximate surface area is 176 Å². The molecule has 0 aliphatic rings. The second-order valence-corrected chi connectivity index (χ2v) is 8.13. The van der Waals surface area contributed by atoms with Gasteiger partial charge in [-0.25, -0.2) is 0 Å². The highest BCUT2D eigenvalue weighted by atomic mass is 16.5. The second kappa shape index (κ2) is 11.1. The summed E-state index contributed by atoms with van der Waals surface area (Å²) >= 11 is 0. The fourth-order valence-corrected chi connectivity index (χ4v) is 4.18. The minimum absolute atomic E-state index is 0.773. The van der Waals surface area contributed by atoms with Crippen LogP contribution in [0.25, 0.3) is 21.5 Å². The molecule has 3 aromatic carbocycles. The van der Waals surface area contributed by atoms with E-state index in [2.05, 4.69) is 56.3 Å². The van der Waals surface area contributed by atoms with Gasteiger partial charge in [-0.05, 0) is 19.4 Å². The predicted molar refractivity (Wildman–Crippen MR) is 125 cm³/mol. The molecule has 0 aliphatic carbocycles. The highest BCUT2D eigenvalue weighted by Gasteiger charge is 2.15. The molecule has 0 atom stereocenters. The van der Waals surface area contributed by atoms with Crippen molar-refractivity contribution in [2.75, 3.05) is 13.7 Å². The maximum Gasteiger partial charge on any atom is 0.135 e. The molecule has 29 heavy (non-hydrogen) atoms. The molecule has 0 heterocycles. The highest BCUT2D eigenvalue weighted by Crippen LogP contribution is 2.42. The van der Waals surface area contributed by atoms with Crippen LogP contribution in [0.2, 0.25) is 0 Å². The molecule has 0 spiro atoms. The van der Waals surface area contributed by atoms with Crippen LogP contribution in [0.15, 0.2) is 42.5 Å². The largest absolute Gasteiger partial charge is 0.495 e. The van der Waals surface area contributed by atoms with E-state index < -0.39 is 0 Å². The lowest BCUT2D eigenvalue weighted by Crippen LogP contribution is -2.00. The van der Waals surface area contributed by atoms with Crippen LogP contribution >= 0.6 is 0 Å². The number of rotatable bonds is 12. The molecule has 2 heteroatoms. The Bertz CT molecular complexity index is 913. The molecule has 0 radical (unpaired) electrons. The van der Waals surface area contributed by atoms with Crippen LogP contribution in [0.1, 0.15) is 70.3 Å². The van der Waals surface area contributed by atoms with Crippen LogP contribution in [0.3, 0.4) is 0 Å². The van der Waals surface area contributed by atoms with Crippen molar-refractivity contribution in [3.8, 4) is 11.5 Å². The van der Waals surface area contributed by atoms with Crippen LogP contribution in [-0.2, 0) is 0 Å². The molecule has 0 saturated carbocycles. The van der Waals surface area contributed by atoms with Crippen molar-refractivity contribution in [3.63, 3.8) is 0 Å². The number of hydrogen-bond donors (Lipinski definition) is 0. The molecule has 0 N–H and O–H groups in total. The maximum atomic E-state index is 6.38. The summed E-state index contributed by atoms with van der Waals surface area (Å²) in [6.45, 7) is 5.17. The van der Waals surface area contributed by atoms with Crippen molar-refractivity contribution in [2.45, 2.75) is 71.6 Å². The minimum atomic E-state index is 0.773. The lowest BCUT2D eigenvalue weighted by molar-refractivity contribution is 0.310. The van der Waals surface area contributed by atoms with E-state index in [-0.39, 0.29) is 0 Å². The van der Waals surface area contributed by atoms with Crippen molar-refractivity contribution in [3.05, 3.63) is 48.0 Å². The van der Waals surface area contributed by atoms with Gasteiger partial charge < -0.3 is 9.47 Å². The summed E-state index contributed by atoms with van der Waals surface area (Å²) in [6, 6.07) is 14.9. The first-order valence-electron chi connectivity index (χ1n) is 11.4. The van der Waals surface area contributed by atoms with Crippen molar-refractivity contribution >= 4 is 21.5 Å². The number of hydrogen-bond acceptors (Lipinski definition) is 2. The molecule has 0 amide bonds. The molecule has 3 rings (SSSR count). The van der Waals surface area contributed by atoms with Gasteiger partial charge in [0.15, 0.2) is 0 Å². The summed E-state index contributed by atoms with van der Waals surface area (Å²) in [5, 5.41) is 4.53. The van der Waals surface area contributed by atoms with Gasteiger partial charge in [0.05, 0.1) is 13.7 Å². The first-order valence-corrected chi connectivity index (χ1v) is 11.4. The number of aryl methyl sites for hydroxylation is 1. The molecule has 0 unspecified atom stereocenters. The fraction of sp³-hybridized carbons (Fsp3) is 0.481. The quantitative estimate of drug-likeness (QED) is 0.228. The average Bonchev–Trinajstić information content (AvgIpc) is 2.74. The van der Waals surface area contributed by atoms with E-state index in [9.17, 15) is 0 Å². The van der Waals surface area contributed by atoms with E-state index in [1.54, 1.807) is 7.11 Å².